The highest BCUT2D eigenvalue weighted by molar-refractivity contribution is 5.05. The predicted molar refractivity (Wildman–Crippen MR) is 77.6 cm³/mol. The van der Waals surface area contributed by atoms with Crippen molar-refractivity contribution in [2.24, 2.45) is 23.7 Å². The first-order valence-electron chi connectivity index (χ1n) is 8.63. The molecule has 0 saturated heterocycles. The molecule has 0 aromatic rings. The van der Waals surface area contributed by atoms with E-state index in [4.69, 9.17) is 0 Å². The van der Waals surface area contributed by atoms with Gasteiger partial charge < -0.3 is 5.32 Å². The number of hydrogen-bond donors (Lipinski definition) is 1. The topological polar surface area (TPSA) is 12.0 Å². The van der Waals surface area contributed by atoms with Crippen molar-refractivity contribution in [2.75, 3.05) is 6.54 Å². The molecule has 3 atom stereocenters. The van der Waals surface area contributed by atoms with E-state index < -0.39 is 0 Å². The van der Waals surface area contributed by atoms with E-state index in [9.17, 15) is 0 Å². The van der Waals surface area contributed by atoms with Crippen molar-refractivity contribution in [3.8, 4) is 0 Å². The van der Waals surface area contributed by atoms with Crippen LogP contribution in [0.25, 0.3) is 0 Å². The Labute approximate surface area is 113 Å². The maximum atomic E-state index is 3.91. The van der Waals surface area contributed by atoms with Crippen LogP contribution < -0.4 is 5.32 Å². The van der Waals surface area contributed by atoms with E-state index in [2.05, 4.69) is 12.2 Å². The van der Waals surface area contributed by atoms with E-state index in [1.807, 2.05) is 0 Å². The highest BCUT2D eigenvalue weighted by atomic mass is 14.9. The maximum absolute atomic E-state index is 3.91. The van der Waals surface area contributed by atoms with Gasteiger partial charge in [0, 0.05) is 6.04 Å². The minimum Gasteiger partial charge on any atom is -0.314 e. The fourth-order valence-corrected chi connectivity index (χ4v) is 4.96. The summed E-state index contributed by atoms with van der Waals surface area (Å²) in [6, 6.07) is 0.876. The minimum absolute atomic E-state index is 0.876. The normalized spacial score (nSPS) is 37.5. The Morgan fingerprint density at radius 1 is 0.944 bits per heavy atom. The molecule has 1 N–H and O–H groups in total. The van der Waals surface area contributed by atoms with E-state index in [-0.39, 0.29) is 0 Å². The number of hydrogen-bond acceptors (Lipinski definition) is 1. The van der Waals surface area contributed by atoms with Gasteiger partial charge in [-0.05, 0) is 55.9 Å². The maximum Gasteiger partial charge on any atom is 0.0103 e. The molecule has 3 aliphatic carbocycles. The molecule has 3 fully saturated rings. The summed E-state index contributed by atoms with van der Waals surface area (Å²) >= 11 is 0. The summed E-state index contributed by atoms with van der Waals surface area (Å²) in [7, 11) is 0. The fraction of sp³-hybridized carbons (Fsp3) is 1.00. The predicted octanol–water partition coefficient (Wildman–Crippen LogP) is 4.37. The van der Waals surface area contributed by atoms with Crippen LogP contribution in [0.3, 0.4) is 0 Å². The number of nitrogens with one attached hydrogen (secondary N) is 1. The molecule has 0 bridgehead atoms. The Kier molecular flexibility index (Phi) is 4.28. The van der Waals surface area contributed by atoms with Gasteiger partial charge in [-0.25, -0.2) is 0 Å². The molecule has 0 aromatic heterocycles. The lowest BCUT2D eigenvalue weighted by Gasteiger charge is -2.22. The van der Waals surface area contributed by atoms with Gasteiger partial charge in [0.1, 0.15) is 0 Å². The second-order valence-electron chi connectivity index (χ2n) is 7.14. The van der Waals surface area contributed by atoms with E-state index in [1.54, 1.807) is 12.8 Å². The van der Waals surface area contributed by atoms with Gasteiger partial charge in [-0.2, -0.15) is 0 Å². The number of rotatable bonds is 6. The zero-order valence-electron chi connectivity index (χ0n) is 12.2. The molecule has 104 valence electrons. The molecule has 18 heavy (non-hydrogen) atoms. The first kappa shape index (κ1) is 13.0. The molecule has 1 nitrogen and oxygen atoms in total. The molecular weight excluding hydrogens is 218 g/mol. The van der Waals surface area contributed by atoms with Crippen LogP contribution in [0.15, 0.2) is 0 Å². The summed E-state index contributed by atoms with van der Waals surface area (Å²) in [6.45, 7) is 3.55. The SMILES string of the molecule is CCCNC(CC1CCCC1)C1C2CCCCC21. The Balaban J connectivity index is 1.55. The van der Waals surface area contributed by atoms with Crippen LogP contribution in [0.2, 0.25) is 0 Å². The lowest BCUT2D eigenvalue weighted by molar-refractivity contribution is 0.340. The Morgan fingerprint density at radius 3 is 2.17 bits per heavy atom. The molecule has 1 heteroatoms. The summed E-state index contributed by atoms with van der Waals surface area (Å²) in [4.78, 5) is 0. The molecule has 0 amide bonds. The van der Waals surface area contributed by atoms with Crippen LogP contribution in [0, 0.1) is 23.7 Å². The lowest BCUT2D eigenvalue weighted by Crippen LogP contribution is -2.34. The van der Waals surface area contributed by atoms with Crippen LogP contribution in [0.1, 0.15) is 71.1 Å². The van der Waals surface area contributed by atoms with E-state index in [0.29, 0.717) is 0 Å². The van der Waals surface area contributed by atoms with Crippen molar-refractivity contribution >= 4 is 0 Å². The monoisotopic (exact) mass is 249 g/mol. The molecule has 3 saturated carbocycles. The van der Waals surface area contributed by atoms with Crippen LogP contribution in [0.4, 0.5) is 0 Å². The average Bonchev–Trinajstić information content (AvgIpc) is 2.90. The molecule has 3 unspecified atom stereocenters. The molecule has 3 aliphatic rings. The highest BCUT2D eigenvalue weighted by Gasteiger charge is 2.53. The minimum atomic E-state index is 0.876. The molecule has 0 aromatic carbocycles. The van der Waals surface area contributed by atoms with Crippen molar-refractivity contribution in [1.82, 2.24) is 5.32 Å². The van der Waals surface area contributed by atoms with Gasteiger partial charge in [0.25, 0.3) is 0 Å². The lowest BCUT2D eigenvalue weighted by atomic mass is 9.94. The molecule has 0 spiro atoms. The Morgan fingerprint density at radius 2 is 1.56 bits per heavy atom. The van der Waals surface area contributed by atoms with Crippen molar-refractivity contribution in [2.45, 2.75) is 77.2 Å². The standard InChI is InChI=1S/C17H31N/c1-2-11-18-16(12-13-7-3-4-8-13)17-14-9-5-6-10-15(14)17/h13-18H,2-12H2,1H3. The van der Waals surface area contributed by atoms with Crippen LogP contribution in [-0.4, -0.2) is 12.6 Å². The first-order valence-corrected chi connectivity index (χ1v) is 8.63. The molecule has 0 heterocycles. The summed E-state index contributed by atoms with van der Waals surface area (Å²) in [5, 5.41) is 3.91. The van der Waals surface area contributed by atoms with Gasteiger partial charge in [0.2, 0.25) is 0 Å². The van der Waals surface area contributed by atoms with Gasteiger partial charge in [0.05, 0.1) is 0 Å². The zero-order valence-corrected chi connectivity index (χ0v) is 12.2. The van der Waals surface area contributed by atoms with Gasteiger partial charge in [-0.3, -0.25) is 0 Å². The van der Waals surface area contributed by atoms with Crippen LogP contribution in [0.5, 0.6) is 0 Å². The Bertz CT molecular complexity index is 244. The third-order valence-corrected chi connectivity index (χ3v) is 5.91. The van der Waals surface area contributed by atoms with Crippen LogP contribution >= 0.6 is 0 Å². The highest BCUT2D eigenvalue weighted by Crippen LogP contribution is 2.58. The second-order valence-corrected chi connectivity index (χ2v) is 7.14. The molecule has 0 radical (unpaired) electrons. The quantitative estimate of drug-likeness (QED) is 0.737. The van der Waals surface area contributed by atoms with Gasteiger partial charge >= 0.3 is 0 Å². The summed E-state index contributed by atoms with van der Waals surface area (Å²) in [6.07, 6.45) is 15.0. The third kappa shape index (κ3) is 2.76. The van der Waals surface area contributed by atoms with Gasteiger partial charge in [-0.1, -0.05) is 45.4 Å². The van der Waals surface area contributed by atoms with Crippen LogP contribution in [-0.2, 0) is 0 Å². The molecular formula is C17H31N. The van der Waals surface area contributed by atoms with Crippen molar-refractivity contribution in [1.29, 1.82) is 0 Å². The van der Waals surface area contributed by atoms with Crippen molar-refractivity contribution < 1.29 is 0 Å². The zero-order chi connectivity index (χ0) is 12.4. The Hall–Kier alpha value is -0.0400. The van der Waals surface area contributed by atoms with E-state index in [1.165, 1.54) is 57.9 Å². The second kappa shape index (κ2) is 5.94. The molecule has 0 aliphatic heterocycles. The van der Waals surface area contributed by atoms with Crippen molar-refractivity contribution in [3.05, 3.63) is 0 Å². The summed E-state index contributed by atoms with van der Waals surface area (Å²) < 4.78 is 0. The van der Waals surface area contributed by atoms with E-state index >= 15 is 0 Å². The fourth-order valence-electron chi connectivity index (χ4n) is 4.96. The summed E-state index contributed by atoms with van der Waals surface area (Å²) in [5.41, 5.74) is 0. The third-order valence-electron chi connectivity index (χ3n) is 5.91. The first-order chi connectivity index (χ1) is 8.90. The van der Waals surface area contributed by atoms with Gasteiger partial charge in [-0.15, -0.1) is 0 Å². The van der Waals surface area contributed by atoms with Gasteiger partial charge in [0.15, 0.2) is 0 Å². The van der Waals surface area contributed by atoms with E-state index in [0.717, 1.165) is 29.7 Å². The largest absolute Gasteiger partial charge is 0.314 e. The smallest absolute Gasteiger partial charge is 0.0103 e. The summed E-state index contributed by atoms with van der Waals surface area (Å²) in [5.74, 6) is 4.37. The number of fused-ring (bicyclic) bond motifs is 1. The van der Waals surface area contributed by atoms with Crippen molar-refractivity contribution in [3.63, 3.8) is 0 Å². The average molecular weight is 249 g/mol. The molecule has 3 rings (SSSR count).